The van der Waals surface area contributed by atoms with Crippen molar-refractivity contribution in [1.82, 2.24) is 4.90 Å². The Morgan fingerprint density at radius 2 is 1.85 bits per heavy atom. The van der Waals surface area contributed by atoms with Gasteiger partial charge in [0.15, 0.2) is 23.3 Å². The SMILES string of the molecule is CCN1C(=O)/C(=C/c2ccc(OCC(=O)Nc3ccccc3OC)c(OC)c2)SC1=Nc1ccc(Br)c(Cl)c1. The highest BCUT2D eigenvalue weighted by Crippen LogP contribution is 2.36. The second-order valence-corrected chi connectivity index (χ2v) is 10.4. The van der Waals surface area contributed by atoms with E-state index in [0.717, 1.165) is 10.0 Å². The van der Waals surface area contributed by atoms with Gasteiger partial charge >= 0.3 is 0 Å². The number of nitrogens with one attached hydrogen (secondary N) is 1. The van der Waals surface area contributed by atoms with E-state index in [2.05, 4.69) is 26.2 Å². The van der Waals surface area contributed by atoms with Crippen molar-refractivity contribution in [3.63, 3.8) is 0 Å². The highest BCUT2D eigenvalue weighted by atomic mass is 79.9. The number of thioether (sulfide) groups is 1. The topological polar surface area (TPSA) is 89.5 Å². The van der Waals surface area contributed by atoms with E-state index in [1.807, 2.05) is 25.1 Å². The Balaban J connectivity index is 1.48. The predicted octanol–water partition coefficient (Wildman–Crippen LogP) is 6.76. The zero-order chi connectivity index (χ0) is 27.9. The number of amidine groups is 1. The van der Waals surface area contributed by atoms with Crippen molar-refractivity contribution in [2.24, 2.45) is 4.99 Å². The maximum absolute atomic E-state index is 13.1. The minimum absolute atomic E-state index is 0.142. The molecule has 11 heteroatoms. The average molecular weight is 631 g/mol. The fourth-order valence-electron chi connectivity index (χ4n) is 3.66. The summed E-state index contributed by atoms with van der Waals surface area (Å²) in [4.78, 5) is 32.3. The van der Waals surface area contributed by atoms with E-state index in [9.17, 15) is 9.59 Å². The largest absolute Gasteiger partial charge is 0.495 e. The van der Waals surface area contributed by atoms with Gasteiger partial charge in [-0.05, 0) is 88.7 Å². The molecule has 0 aromatic heterocycles. The molecule has 1 fully saturated rings. The molecule has 3 aromatic carbocycles. The lowest BCUT2D eigenvalue weighted by molar-refractivity contribution is -0.122. The molecule has 0 bridgehead atoms. The summed E-state index contributed by atoms with van der Waals surface area (Å²) < 4.78 is 17.2. The van der Waals surface area contributed by atoms with Crippen LogP contribution in [0, 0.1) is 0 Å². The smallest absolute Gasteiger partial charge is 0.266 e. The van der Waals surface area contributed by atoms with Crippen LogP contribution < -0.4 is 19.5 Å². The van der Waals surface area contributed by atoms with Gasteiger partial charge in [-0.3, -0.25) is 14.5 Å². The van der Waals surface area contributed by atoms with Crippen LogP contribution in [0.3, 0.4) is 0 Å². The Morgan fingerprint density at radius 1 is 1.08 bits per heavy atom. The minimum Gasteiger partial charge on any atom is -0.495 e. The first kappa shape index (κ1) is 28.5. The molecule has 0 spiro atoms. The van der Waals surface area contributed by atoms with Gasteiger partial charge in [0.25, 0.3) is 11.8 Å². The summed E-state index contributed by atoms with van der Waals surface area (Å²) in [6.07, 6.45) is 1.77. The lowest BCUT2D eigenvalue weighted by atomic mass is 10.2. The molecule has 1 saturated heterocycles. The molecule has 1 heterocycles. The number of amides is 2. The molecule has 8 nitrogen and oxygen atoms in total. The number of para-hydroxylation sites is 2. The quantitative estimate of drug-likeness (QED) is 0.263. The fourth-order valence-corrected chi connectivity index (χ4v) is 5.14. The van der Waals surface area contributed by atoms with Crippen LogP contribution in [-0.4, -0.2) is 49.3 Å². The molecule has 0 unspecified atom stereocenters. The summed E-state index contributed by atoms with van der Waals surface area (Å²) >= 11 is 10.9. The van der Waals surface area contributed by atoms with Crippen LogP contribution in [0.1, 0.15) is 12.5 Å². The molecule has 1 N–H and O–H groups in total. The first-order valence-corrected chi connectivity index (χ1v) is 13.8. The summed E-state index contributed by atoms with van der Waals surface area (Å²) in [5, 5.41) is 3.87. The number of likely N-dealkylation sites (N-methyl/N-ethyl adjacent to an activating group) is 1. The lowest BCUT2D eigenvalue weighted by Crippen LogP contribution is -2.28. The molecular formula is C28H25BrClN3O5S. The third kappa shape index (κ3) is 6.95. The Morgan fingerprint density at radius 3 is 2.56 bits per heavy atom. The van der Waals surface area contributed by atoms with Crippen LogP contribution in [0.25, 0.3) is 6.08 Å². The number of methoxy groups -OCH3 is 2. The number of hydrogen-bond acceptors (Lipinski definition) is 7. The second-order valence-electron chi connectivity index (χ2n) is 8.10. The predicted molar refractivity (Wildman–Crippen MR) is 159 cm³/mol. The number of halogens is 2. The molecule has 4 rings (SSSR count). The van der Waals surface area contributed by atoms with Gasteiger partial charge in [0.1, 0.15) is 5.75 Å². The number of aliphatic imine (C=N–C) groups is 1. The Hall–Kier alpha value is -3.47. The highest BCUT2D eigenvalue weighted by Gasteiger charge is 2.32. The Kier molecular flexibility index (Phi) is 9.55. The number of benzene rings is 3. The van der Waals surface area contributed by atoms with Crippen molar-refractivity contribution in [2.45, 2.75) is 6.92 Å². The molecular weight excluding hydrogens is 606 g/mol. The molecule has 0 aliphatic carbocycles. The van der Waals surface area contributed by atoms with Crippen molar-refractivity contribution >= 4 is 73.7 Å². The summed E-state index contributed by atoms with van der Waals surface area (Å²) in [6.45, 7) is 2.14. The first-order chi connectivity index (χ1) is 18.8. The van der Waals surface area contributed by atoms with Crippen LogP contribution in [0.4, 0.5) is 11.4 Å². The van der Waals surface area contributed by atoms with E-state index in [1.165, 1.54) is 26.0 Å². The first-order valence-electron chi connectivity index (χ1n) is 11.8. The molecule has 0 radical (unpaired) electrons. The van der Waals surface area contributed by atoms with Gasteiger partial charge in [-0.25, -0.2) is 4.99 Å². The van der Waals surface area contributed by atoms with Gasteiger partial charge in [0.05, 0.1) is 35.5 Å². The van der Waals surface area contributed by atoms with Crippen molar-refractivity contribution < 1.29 is 23.8 Å². The van der Waals surface area contributed by atoms with Crippen molar-refractivity contribution in [2.75, 3.05) is 32.7 Å². The summed E-state index contributed by atoms with van der Waals surface area (Å²) in [5.41, 5.74) is 1.93. The van der Waals surface area contributed by atoms with Crippen molar-refractivity contribution in [1.29, 1.82) is 0 Å². The summed E-state index contributed by atoms with van der Waals surface area (Å²) in [6, 6.07) is 17.7. The van der Waals surface area contributed by atoms with E-state index in [4.69, 9.17) is 25.8 Å². The van der Waals surface area contributed by atoms with Gasteiger partial charge in [-0.1, -0.05) is 29.8 Å². The van der Waals surface area contributed by atoms with Gasteiger partial charge in [0, 0.05) is 11.0 Å². The van der Waals surface area contributed by atoms with Gasteiger partial charge in [0.2, 0.25) is 0 Å². The van der Waals surface area contributed by atoms with Gasteiger partial charge in [-0.2, -0.15) is 0 Å². The third-order valence-electron chi connectivity index (χ3n) is 5.56. The maximum atomic E-state index is 13.1. The normalized spacial score (nSPS) is 15.1. The molecule has 1 aliphatic heterocycles. The number of carbonyl (C=O) groups excluding carboxylic acids is 2. The minimum atomic E-state index is -0.348. The monoisotopic (exact) mass is 629 g/mol. The second kappa shape index (κ2) is 13.1. The van der Waals surface area contributed by atoms with E-state index >= 15 is 0 Å². The molecule has 39 heavy (non-hydrogen) atoms. The zero-order valence-corrected chi connectivity index (χ0v) is 24.5. The number of nitrogens with zero attached hydrogens (tertiary/aromatic N) is 2. The van der Waals surface area contributed by atoms with Crippen LogP contribution in [-0.2, 0) is 9.59 Å². The van der Waals surface area contributed by atoms with E-state index in [1.54, 1.807) is 53.4 Å². The van der Waals surface area contributed by atoms with E-state index < -0.39 is 0 Å². The maximum Gasteiger partial charge on any atom is 0.266 e. The van der Waals surface area contributed by atoms with Crippen LogP contribution in [0.15, 0.2) is 75.0 Å². The molecule has 2 amide bonds. The van der Waals surface area contributed by atoms with Crippen molar-refractivity contribution in [3.05, 3.63) is 80.6 Å². The van der Waals surface area contributed by atoms with Gasteiger partial charge in [-0.15, -0.1) is 0 Å². The molecule has 0 saturated carbocycles. The fraction of sp³-hybridized carbons (Fsp3) is 0.179. The third-order valence-corrected chi connectivity index (χ3v) is 7.80. The van der Waals surface area contributed by atoms with E-state index in [-0.39, 0.29) is 18.4 Å². The van der Waals surface area contributed by atoms with Crippen LogP contribution >= 0.6 is 39.3 Å². The number of carbonyl (C=O) groups is 2. The Labute approximate surface area is 244 Å². The Bertz CT molecular complexity index is 1460. The highest BCUT2D eigenvalue weighted by molar-refractivity contribution is 9.10. The number of rotatable bonds is 9. The molecule has 0 atom stereocenters. The lowest BCUT2D eigenvalue weighted by Gasteiger charge is -2.13. The standard InChI is InChI=1S/C28H25BrClN3O5S/c1-4-33-27(35)25(39-28(33)31-18-10-11-19(29)20(30)15-18)14-17-9-12-23(24(13-17)37-3)38-16-26(34)32-21-7-5-6-8-22(21)36-2/h5-15H,4,16H2,1-3H3,(H,32,34)/b25-14-,31-28?. The van der Waals surface area contributed by atoms with Gasteiger partial charge < -0.3 is 19.5 Å². The van der Waals surface area contributed by atoms with E-state index in [0.29, 0.717) is 50.3 Å². The van der Waals surface area contributed by atoms with Crippen LogP contribution in [0.2, 0.25) is 5.02 Å². The average Bonchev–Trinajstić information content (AvgIpc) is 3.23. The van der Waals surface area contributed by atoms with Crippen molar-refractivity contribution in [3.8, 4) is 17.2 Å². The molecule has 1 aliphatic rings. The number of anilines is 1. The summed E-state index contributed by atoms with van der Waals surface area (Å²) in [5.74, 6) is 0.882. The zero-order valence-electron chi connectivity index (χ0n) is 21.4. The van der Waals surface area contributed by atoms with Crippen LogP contribution in [0.5, 0.6) is 17.2 Å². The number of ether oxygens (including phenoxy) is 3. The number of hydrogen-bond donors (Lipinski definition) is 1. The molecule has 3 aromatic rings. The molecule has 202 valence electrons. The summed E-state index contributed by atoms with van der Waals surface area (Å²) in [7, 11) is 3.04.